The van der Waals surface area contributed by atoms with E-state index in [0.29, 0.717) is 35.9 Å². The van der Waals surface area contributed by atoms with Crippen LogP contribution in [-0.2, 0) is 22.2 Å². The minimum Gasteiger partial charge on any atom is -0.835 e. The summed E-state index contributed by atoms with van der Waals surface area (Å²) in [5.41, 5.74) is 11.1. The zero-order valence-electron chi connectivity index (χ0n) is 37.8. The van der Waals surface area contributed by atoms with Crippen molar-refractivity contribution in [2.24, 2.45) is 5.92 Å². The van der Waals surface area contributed by atoms with Crippen LogP contribution in [0.15, 0.2) is 144 Å². The van der Waals surface area contributed by atoms with Gasteiger partial charge in [-0.2, -0.15) is 4.58 Å². The molecular weight excluding hydrogens is 801 g/mol. The predicted octanol–water partition coefficient (Wildman–Crippen LogP) is 9.55. The number of likely N-dealkylation sites (N-methyl/N-ethyl adjacent to an activating group) is 1. The summed E-state index contributed by atoms with van der Waals surface area (Å²) in [6, 6.07) is 31.8. The number of anilines is 1. The van der Waals surface area contributed by atoms with Gasteiger partial charge in [0, 0.05) is 65.8 Å². The average Bonchev–Trinajstić information content (AvgIpc) is 3.60. The highest BCUT2D eigenvalue weighted by Crippen LogP contribution is 2.48. The molecule has 3 aliphatic heterocycles. The monoisotopic (exact) mass is 858 g/mol. The molecule has 2 unspecified atom stereocenters. The quantitative estimate of drug-likeness (QED) is 0.0845. The highest BCUT2D eigenvalue weighted by molar-refractivity contribution is 7.80. The molecule has 4 aromatic rings. The summed E-state index contributed by atoms with van der Waals surface area (Å²) in [4.78, 5) is 33.6. The fraction of sp³-hybridized carbons (Fsp3) is 0.333. The second-order valence-corrected chi connectivity index (χ2v) is 18.4. The molecule has 8 rings (SSSR count). The smallest absolute Gasteiger partial charge is 0.236 e. The zero-order chi connectivity index (χ0) is 44.8. The number of amides is 1. The molecule has 8 nitrogen and oxygen atoms in total. The molecule has 3 heterocycles. The fourth-order valence-electron chi connectivity index (χ4n) is 10.1. The lowest BCUT2D eigenvalue weighted by atomic mass is 9.76. The molecule has 1 aliphatic carbocycles. The van der Waals surface area contributed by atoms with Gasteiger partial charge in [0.1, 0.15) is 19.4 Å². The number of carbonyl (C=O) groups is 2. The van der Waals surface area contributed by atoms with E-state index in [4.69, 9.17) is 17.0 Å². The van der Waals surface area contributed by atoms with E-state index in [1.807, 2.05) is 92.7 Å². The molecule has 0 N–H and O–H groups in total. The largest absolute Gasteiger partial charge is 0.835 e. The summed E-state index contributed by atoms with van der Waals surface area (Å²) in [6.07, 6.45) is 9.64. The van der Waals surface area contributed by atoms with E-state index in [0.717, 1.165) is 75.6 Å². The maximum absolute atomic E-state index is 14.6. The number of fused-ring (bicyclic) bond motifs is 2. The first-order valence-corrected chi connectivity index (χ1v) is 22.6. The van der Waals surface area contributed by atoms with E-state index in [1.165, 1.54) is 5.56 Å². The van der Waals surface area contributed by atoms with Crippen LogP contribution >= 0.6 is 12.2 Å². The highest BCUT2D eigenvalue weighted by Gasteiger charge is 2.45. The van der Waals surface area contributed by atoms with Gasteiger partial charge in [0.15, 0.2) is 16.6 Å². The van der Waals surface area contributed by atoms with Crippen LogP contribution in [0.25, 0.3) is 0 Å². The van der Waals surface area contributed by atoms with Crippen LogP contribution in [0.3, 0.4) is 0 Å². The lowest BCUT2D eigenvalue weighted by Gasteiger charge is -2.51. The van der Waals surface area contributed by atoms with Crippen LogP contribution in [0.1, 0.15) is 93.4 Å². The number of ketones is 1. The number of nitrogens with zero attached hydrogens (tertiary/aromatic N) is 4. The van der Waals surface area contributed by atoms with Gasteiger partial charge in [0.05, 0.1) is 11.3 Å². The minimum absolute atomic E-state index is 0.00701. The standard InChI is InChI=1S/C54H58N4O4S/c1-9-57-50(60)48(51(61)58(10-2)52(57)63)47-36(26-30-45-53(3,4)41-32-35(24-28-43(41)55(45)7)34-62-40-22-15-12-16-23-40)20-17-21-37(47)27-31-46-54(5,6)42-33-39(25-29-44(42)56(46)8)49(59)38-18-13-11-14-19-38/h11-16,18-19,22-33,48,50H,9-10,17,20-21,34H2,1-8H3. The number of hydrogen-bond acceptors (Lipinski definition) is 6. The summed E-state index contributed by atoms with van der Waals surface area (Å²) in [6.45, 7) is 14.0. The van der Waals surface area contributed by atoms with Crippen LogP contribution in [0.4, 0.5) is 11.4 Å². The van der Waals surface area contributed by atoms with Gasteiger partial charge in [0.2, 0.25) is 11.6 Å². The summed E-state index contributed by atoms with van der Waals surface area (Å²) in [5, 5.41) is 14.9. The van der Waals surface area contributed by atoms with Gasteiger partial charge < -0.3 is 19.6 Å². The van der Waals surface area contributed by atoms with Gasteiger partial charge in [-0.3, -0.25) is 14.5 Å². The Hall–Kier alpha value is -5.90. The van der Waals surface area contributed by atoms with E-state index >= 15 is 0 Å². The highest BCUT2D eigenvalue weighted by atomic mass is 32.1. The number of thiocarbonyl (C=S) groups is 1. The topological polar surface area (TPSA) is 79.2 Å². The number of ether oxygens (including phenoxy) is 1. The van der Waals surface area contributed by atoms with Crippen molar-refractivity contribution in [1.82, 2.24) is 9.80 Å². The van der Waals surface area contributed by atoms with Crippen LogP contribution < -0.4 is 14.7 Å². The third kappa shape index (κ3) is 7.80. The van der Waals surface area contributed by atoms with Crippen molar-refractivity contribution >= 4 is 46.1 Å². The average molecular weight is 859 g/mol. The molecule has 1 amide bonds. The molecule has 63 heavy (non-hydrogen) atoms. The minimum atomic E-state index is -1.36. The SMILES string of the molecule is CCN1C(=O)C(C2=C(/C=C/C3=[N+](C)c4ccc(C(=O)c5ccccc5)cc4C3(C)C)CCC/C2=C\C=C2\N(C)c3ccc(COc4ccccc4)cc3C2(C)C)C([O-])N(CC)C1=S. The van der Waals surface area contributed by atoms with E-state index in [9.17, 15) is 14.7 Å². The third-order valence-corrected chi connectivity index (χ3v) is 14.1. The van der Waals surface area contributed by atoms with Gasteiger partial charge in [-0.15, -0.1) is 0 Å². The first-order valence-electron chi connectivity index (χ1n) is 22.2. The Morgan fingerprint density at radius 2 is 1.57 bits per heavy atom. The number of hydrogen-bond donors (Lipinski definition) is 0. The van der Waals surface area contributed by atoms with Crippen molar-refractivity contribution in [2.45, 2.75) is 84.5 Å². The van der Waals surface area contributed by atoms with E-state index < -0.39 is 17.6 Å². The van der Waals surface area contributed by atoms with Crippen LogP contribution in [0.5, 0.6) is 5.75 Å². The summed E-state index contributed by atoms with van der Waals surface area (Å²) >= 11 is 5.74. The van der Waals surface area contributed by atoms with E-state index in [2.05, 4.69) is 93.8 Å². The molecule has 1 fully saturated rings. The number of rotatable bonds is 11. The van der Waals surface area contributed by atoms with Crippen molar-refractivity contribution in [3.05, 3.63) is 172 Å². The van der Waals surface area contributed by atoms with Crippen molar-refractivity contribution in [1.29, 1.82) is 0 Å². The second kappa shape index (κ2) is 17.3. The molecular formula is C54H58N4O4S. The molecule has 0 aromatic heterocycles. The van der Waals surface area contributed by atoms with Crippen LogP contribution in [0, 0.1) is 5.92 Å². The maximum Gasteiger partial charge on any atom is 0.236 e. The Kier molecular flexibility index (Phi) is 12.0. The Bertz CT molecular complexity index is 2640. The Morgan fingerprint density at radius 3 is 2.27 bits per heavy atom. The van der Waals surface area contributed by atoms with Crippen molar-refractivity contribution in [3.63, 3.8) is 0 Å². The second-order valence-electron chi connectivity index (χ2n) is 18.0. The molecule has 0 radical (unpaired) electrons. The van der Waals surface area contributed by atoms with E-state index in [1.54, 1.807) is 9.80 Å². The van der Waals surface area contributed by atoms with Gasteiger partial charge in [-0.05, 0) is 136 Å². The van der Waals surface area contributed by atoms with Crippen molar-refractivity contribution < 1.29 is 24.0 Å². The van der Waals surface area contributed by atoms with Crippen LogP contribution in [-0.4, -0.2) is 70.3 Å². The summed E-state index contributed by atoms with van der Waals surface area (Å²) in [5.74, 6) is -0.350. The fourth-order valence-corrected chi connectivity index (χ4v) is 10.6. The summed E-state index contributed by atoms with van der Waals surface area (Å²) in [7, 11) is 4.17. The predicted molar refractivity (Wildman–Crippen MR) is 255 cm³/mol. The molecule has 4 aliphatic rings. The van der Waals surface area contributed by atoms with Gasteiger partial charge in [-0.1, -0.05) is 80.6 Å². The first-order chi connectivity index (χ1) is 30.2. The molecule has 1 saturated heterocycles. The van der Waals surface area contributed by atoms with Gasteiger partial charge >= 0.3 is 0 Å². The first kappa shape index (κ1) is 43.7. The zero-order valence-corrected chi connectivity index (χ0v) is 38.6. The molecule has 4 aromatic carbocycles. The van der Waals surface area contributed by atoms with Crippen LogP contribution in [0.2, 0.25) is 0 Å². The number of carbonyl (C=O) groups excluding carboxylic acids is 2. The normalized spacial score (nSPS) is 21.9. The maximum atomic E-state index is 14.6. The number of para-hydroxylation sites is 1. The number of allylic oxidation sites excluding steroid dienone is 7. The van der Waals surface area contributed by atoms with E-state index in [-0.39, 0.29) is 17.1 Å². The summed E-state index contributed by atoms with van der Waals surface area (Å²) < 4.78 is 8.31. The molecule has 0 spiro atoms. The third-order valence-electron chi connectivity index (χ3n) is 13.6. The lowest BCUT2D eigenvalue weighted by Crippen LogP contribution is -2.66. The Morgan fingerprint density at radius 1 is 0.857 bits per heavy atom. The lowest BCUT2D eigenvalue weighted by molar-refractivity contribution is -0.459. The van der Waals surface area contributed by atoms with Crippen molar-refractivity contribution in [3.8, 4) is 5.75 Å². The Labute approximate surface area is 378 Å². The Balaban J connectivity index is 1.18. The molecule has 324 valence electrons. The molecule has 2 atom stereocenters. The number of benzene rings is 4. The molecule has 0 bridgehead atoms. The van der Waals surface area contributed by atoms with Crippen molar-refractivity contribution in [2.75, 3.05) is 32.1 Å². The molecule has 9 heteroatoms. The van der Waals surface area contributed by atoms with Gasteiger partial charge in [-0.25, -0.2) is 0 Å². The molecule has 0 saturated carbocycles. The van der Waals surface area contributed by atoms with Gasteiger partial charge in [0.25, 0.3) is 0 Å².